The molecule has 30 heavy (non-hydrogen) atoms. The maximum absolute atomic E-state index is 13.2. The number of nitrogens with zero attached hydrogens (tertiary/aromatic N) is 1. The van der Waals surface area contributed by atoms with Gasteiger partial charge < -0.3 is 14.7 Å². The molecule has 0 bridgehead atoms. The van der Waals surface area contributed by atoms with Crippen LogP contribution in [0.25, 0.3) is 0 Å². The minimum absolute atomic E-state index is 0.131. The number of rotatable bonds is 4. The number of carbonyl (C=O) groups excluding carboxylic acids is 3. The Morgan fingerprint density at radius 2 is 1.30 bits per heavy atom. The molecule has 0 aromatic heterocycles. The monoisotopic (exact) mass is 425 g/mol. The molecule has 1 aliphatic heterocycles. The Morgan fingerprint density at radius 3 is 1.73 bits per heavy atom. The summed E-state index contributed by atoms with van der Waals surface area (Å²) in [5.41, 5.74) is -1.87. The first-order valence-corrected chi connectivity index (χ1v) is 11.5. The molecule has 1 fully saturated rings. The van der Waals surface area contributed by atoms with Crippen LogP contribution < -0.4 is 0 Å². The topological polar surface area (TPSA) is 101 Å². The molecule has 0 aromatic rings. The van der Waals surface area contributed by atoms with Crippen LogP contribution in [0.2, 0.25) is 0 Å². The number of hydrogen-bond acceptors (Lipinski definition) is 5. The first-order valence-electron chi connectivity index (χ1n) is 11.5. The van der Waals surface area contributed by atoms with Gasteiger partial charge in [0.05, 0.1) is 7.11 Å². The molecule has 1 rings (SSSR count). The molecule has 1 aliphatic rings. The number of hydrogen-bond donors (Lipinski definition) is 1. The van der Waals surface area contributed by atoms with Crippen molar-refractivity contribution in [2.24, 2.45) is 0 Å². The van der Waals surface area contributed by atoms with Gasteiger partial charge in [-0.3, -0.25) is 14.4 Å². The Kier molecular flexibility index (Phi) is 12.3. The van der Waals surface area contributed by atoms with E-state index in [1.165, 1.54) is 39.8 Å². The van der Waals surface area contributed by atoms with Gasteiger partial charge in [-0.2, -0.15) is 0 Å². The summed E-state index contributed by atoms with van der Waals surface area (Å²) in [6.45, 7) is 0. The first kappa shape index (κ1) is 26.1. The minimum Gasteiger partial charge on any atom is -0.481 e. The number of amides is 1. The van der Waals surface area contributed by atoms with Gasteiger partial charge in [0.25, 0.3) is 0 Å². The van der Waals surface area contributed by atoms with Crippen LogP contribution in [0, 0.1) is 0 Å². The number of carboxylic acid groups (broad SMARTS) is 1. The largest absolute Gasteiger partial charge is 0.481 e. The SMILES string of the molecule is COC(=O)[C@@]1(CCC(=O)O)C(=O)CCCCCCCCCCCCCCC(=O)N1C. The second-order valence-corrected chi connectivity index (χ2v) is 8.36. The zero-order chi connectivity index (χ0) is 22.4. The molecule has 1 saturated heterocycles. The summed E-state index contributed by atoms with van der Waals surface area (Å²) in [5.74, 6) is -2.71. The number of carboxylic acids is 1. The number of ketones is 1. The van der Waals surface area contributed by atoms with E-state index in [9.17, 15) is 19.2 Å². The lowest BCUT2D eigenvalue weighted by Crippen LogP contribution is -2.61. The highest BCUT2D eigenvalue weighted by molar-refractivity contribution is 6.11. The van der Waals surface area contributed by atoms with Gasteiger partial charge in [0, 0.05) is 26.3 Å². The Balaban J connectivity index is 3.05. The average Bonchev–Trinajstić information content (AvgIpc) is 2.72. The van der Waals surface area contributed by atoms with Gasteiger partial charge >= 0.3 is 11.9 Å². The molecule has 7 nitrogen and oxygen atoms in total. The lowest BCUT2D eigenvalue weighted by Gasteiger charge is -2.38. The maximum Gasteiger partial charge on any atom is 0.339 e. The molecular formula is C23H39NO6. The van der Waals surface area contributed by atoms with Crippen LogP contribution in [-0.4, -0.2) is 53.3 Å². The number of ether oxygens (including phenoxy) is 1. The van der Waals surface area contributed by atoms with Crippen molar-refractivity contribution in [1.29, 1.82) is 0 Å². The zero-order valence-corrected chi connectivity index (χ0v) is 18.7. The van der Waals surface area contributed by atoms with Crippen LogP contribution in [0.1, 0.15) is 103 Å². The predicted octanol–water partition coefficient (Wildman–Crippen LogP) is 4.27. The maximum atomic E-state index is 13.2. The molecule has 0 saturated carbocycles. The Bertz CT molecular complexity index is 576. The number of aliphatic carboxylic acids is 1. The van der Waals surface area contributed by atoms with E-state index in [4.69, 9.17) is 9.84 Å². The lowest BCUT2D eigenvalue weighted by molar-refractivity contribution is -0.167. The molecular weight excluding hydrogens is 386 g/mol. The first-order chi connectivity index (χ1) is 14.4. The minimum atomic E-state index is -1.87. The average molecular weight is 426 g/mol. The normalized spacial score (nSPS) is 24.0. The fraction of sp³-hybridized carbons (Fsp3) is 0.826. The number of likely N-dealkylation sites (N-methyl/N-ethyl adjacent to an activating group) is 1. The highest BCUT2D eigenvalue weighted by Crippen LogP contribution is 2.28. The molecule has 1 heterocycles. The van der Waals surface area contributed by atoms with Crippen molar-refractivity contribution >= 4 is 23.6 Å². The standard InChI is InChI=1S/C23H39NO6/c1-24-20(26)16-14-12-10-8-6-4-3-5-7-9-11-13-15-19(25)23(24,22(29)30-2)18-17-21(27)28/h3-18H2,1-2H3,(H,27,28)/t23-/m1/s1. The number of carbonyl (C=O) groups is 4. The summed E-state index contributed by atoms with van der Waals surface area (Å²) in [6, 6.07) is 0. The predicted molar refractivity (Wildman–Crippen MR) is 114 cm³/mol. The lowest BCUT2D eigenvalue weighted by atomic mass is 9.83. The van der Waals surface area contributed by atoms with Crippen LogP contribution in [0.5, 0.6) is 0 Å². The third-order valence-electron chi connectivity index (χ3n) is 6.18. The fourth-order valence-corrected chi connectivity index (χ4v) is 4.22. The van der Waals surface area contributed by atoms with Crippen LogP contribution in [0.3, 0.4) is 0 Å². The van der Waals surface area contributed by atoms with Crippen molar-refractivity contribution in [2.45, 2.75) is 108 Å². The van der Waals surface area contributed by atoms with Gasteiger partial charge in [-0.15, -0.1) is 0 Å². The second-order valence-electron chi connectivity index (χ2n) is 8.36. The second kappa shape index (κ2) is 14.1. The number of Topliss-reactive ketones (excluding diaryl/α,β-unsaturated/α-hetero) is 1. The van der Waals surface area contributed by atoms with Gasteiger partial charge in [0.15, 0.2) is 11.3 Å². The molecule has 0 aliphatic carbocycles. The van der Waals surface area contributed by atoms with Crippen molar-refractivity contribution in [2.75, 3.05) is 14.2 Å². The van der Waals surface area contributed by atoms with Gasteiger partial charge in [0.1, 0.15) is 0 Å². The molecule has 7 heteroatoms. The summed E-state index contributed by atoms with van der Waals surface area (Å²) in [4.78, 5) is 51.2. The van der Waals surface area contributed by atoms with Crippen LogP contribution in [0.4, 0.5) is 0 Å². The molecule has 0 spiro atoms. The molecule has 1 atom stereocenters. The van der Waals surface area contributed by atoms with E-state index in [-0.39, 0.29) is 25.2 Å². The number of esters is 1. The van der Waals surface area contributed by atoms with E-state index in [0.717, 1.165) is 43.4 Å². The summed E-state index contributed by atoms with van der Waals surface area (Å²) in [7, 11) is 2.60. The van der Waals surface area contributed by atoms with Crippen molar-refractivity contribution in [3.8, 4) is 0 Å². The van der Waals surface area contributed by atoms with Gasteiger partial charge in [-0.1, -0.05) is 64.2 Å². The third kappa shape index (κ3) is 8.07. The van der Waals surface area contributed by atoms with Crippen molar-refractivity contribution in [3.63, 3.8) is 0 Å². The highest BCUT2D eigenvalue weighted by atomic mass is 16.5. The summed E-state index contributed by atoms with van der Waals surface area (Å²) < 4.78 is 4.90. The van der Waals surface area contributed by atoms with Crippen LogP contribution in [0.15, 0.2) is 0 Å². The molecule has 1 N–H and O–H groups in total. The van der Waals surface area contributed by atoms with Gasteiger partial charge in [-0.05, 0) is 19.3 Å². The highest BCUT2D eigenvalue weighted by Gasteiger charge is 2.51. The Hall–Kier alpha value is -1.92. The van der Waals surface area contributed by atoms with E-state index in [0.29, 0.717) is 12.8 Å². The van der Waals surface area contributed by atoms with E-state index >= 15 is 0 Å². The van der Waals surface area contributed by atoms with E-state index in [1.807, 2.05) is 0 Å². The molecule has 1 amide bonds. The van der Waals surface area contributed by atoms with Crippen molar-refractivity contribution in [3.05, 3.63) is 0 Å². The summed E-state index contributed by atoms with van der Waals surface area (Å²) >= 11 is 0. The third-order valence-corrected chi connectivity index (χ3v) is 6.18. The summed E-state index contributed by atoms with van der Waals surface area (Å²) in [5, 5.41) is 9.17. The Labute approximate surface area is 180 Å². The van der Waals surface area contributed by atoms with Crippen LogP contribution >= 0.6 is 0 Å². The van der Waals surface area contributed by atoms with E-state index in [2.05, 4.69) is 0 Å². The van der Waals surface area contributed by atoms with Crippen molar-refractivity contribution < 1.29 is 29.0 Å². The van der Waals surface area contributed by atoms with Crippen molar-refractivity contribution in [1.82, 2.24) is 4.90 Å². The quantitative estimate of drug-likeness (QED) is 0.533. The zero-order valence-electron chi connectivity index (χ0n) is 18.7. The smallest absolute Gasteiger partial charge is 0.339 e. The van der Waals surface area contributed by atoms with Gasteiger partial charge in [0.2, 0.25) is 5.91 Å². The fourth-order valence-electron chi connectivity index (χ4n) is 4.22. The van der Waals surface area contributed by atoms with E-state index in [1.54, 1.807) is 0 Å². The Morgan fingerprint density at radius 1 is 0.867 bits per heavy atom. The molecule has 0 radical (unpaired) electrons. The molecule has 172 valence electrons. The molecule has 0 aromatic carbocycles. The van der Waals surface area contributed by atoms with Crippen LogP contribution in [-0.2, 0) is 23.9 Å². The summed E-state index contributed by atoms with van der Waals surface area (Å²) in [6.07, 6.45) is 12.1. The number of methoxy groups -OCH3 is 1. The molecule has 0 unspecified atom stereocenters. The van der Waals surface area contributed by atoms with E-state index < -0.39 is 29.7 Å². The van der Waals surface area contributed by atoms with Gasteiger partial charge in [-0.25, -0.2) is 4.79 Å².